The molecule has 0 aliphatic heterocycles. The molecule has 2 aromatic heterocycles. The summed E-state index contributed by atoms with van der Waals surface area (Å²) >= 11 is 0. The van der Waals surface area contributed by atoms with Gasteiger partial charge in [0.1, 0.15) is 5.69 Å². The molecule has 0 spiro atoms. The first kappa shape index (κ1) is 13.9. The van der Waals surface area contributed by atoms with Crippen molar-refractivity contribution < 1.29 is 4.79 Å². The molecule has 0 saturated heterocycles. The largest absolute Gasteiger partial charge is 0.320 e. The quantitative estimate of drug-likeness (QED) is 0.803. The van der Waals surface area contributed by atoms with Crippen LogP contribution in [0.2, 0.25) is 0 Å². The lowest BCUT2D eigenvalue weighted by atomic mass is 10.1. The van der Waals surface area contributed by atoms with E-state index in [0.717, 1.165) is 29.0 Å². The lowest BCUT2D eigenvalue weighted by molar-refractivity contribution is 0.102. The standard InChI is InChI=1S/C18H18N4O/c1-2-12-5-3-4-6-14(12)20-18(23)15-9-10-17-19-16(13-7-8-13)11-22(17)21-15/h3-6,9-11,13H,2,7-8H2,1H3,(H,20,23). The Morgan fingerprint density at radius 1 is 1.26 bits per heavy atom. The summed E-state index contributed by atoms with van der Waals surface area (Å²) in [6, 6.07) is 11.4. The van der Waals surface area contributed by atoms with Crippen LogP contribution in [0, 0.1) is 0 Å². The molecular weight excluding hydrogens is 288 g/mol. The van der Waals surface area contributed by atoms with Crippen molar-refractivity contribution in [2.45, 2.75) is 32.1 Å². The molecular formula is C18H18N4O. The highest BCUT2D eigenvalue weighted by Crippen LogP contribution is 2.39. The molecule has 2 heterocycles. The second-order valence-corrected chi connectivity index (χ2v) is 5.93. The number of fused-ring (bicyclic) bond motifs is 1. The van der Waals surface area contributed by atoms with Crippen LogP contribution in [-0.4, -0.2) is 20.5 Å². The van der Waals surface area contributed by atoms with Crippen molar-refractivity contribution in [2.75, 3.05) is 5.32 Å². The molecule has 3 aromatic rings. The molecule has 0 unspecified atom stereocenters. The molecule has 0 radical (unpaired) electrons. The Kier molecular flexibility index (Phi) is 3.33. The molecule has 0 atom stereocenters. The molecule has 1 saturated carbocycles. The van der Waals surface area contributed by atoms with E-state index in [1.165, 1.54) is 12.8 Å². The molecule has 23 heavy (non-hydrogen) atoms. The minimum Gasteiger partial charge on any atom is -0.320 e. The number of aryl methyl sites for hydroxylation is 1. The molecule has 1 amide bonds. The summed E-state index contributed by atoms with van der Waals surface area (Å²) in [6.07, 6.45) is 5.20. The predicted octanol–water partition coefficient (Wildman–Crippen LogP) is 3.42. The van der Waals surface area contributed by atoms with Crippen LogP contribution in [-0.2, 0) is 6.42 Å². The zero-order valence-corrected chi connectivity index (χ0v) is 13.0. The number of nitrogens with one attached hydrogen (secondary N) is 1. The number of hydrogen-bond acceptors (Lipinski definition) is 3. The maximum Gasteiger partial charge on any atom is 0.276 e. The van der Waals surface area contributed by atoms with Gasteiger partial charge in [0, 0.05) is 11.6 Å². The van der Waals surface area contributed by atoms with E-state index in [4.69, 9.17) is 0 Å². The van der Waals surface area contributed by atoms with Gasteiger partial charge in [-0.3, -0.25) is 4.79 Å². The Labute approximate surface area is 134 Å². The monoisotopic (exact) mass is 306 g/mol. The van der Waals surface area contributed by atoms with Gasteiger partial charge in [-0.25, -0.2) is 9.50 Å². The Hall–Kier alpha value is -2.69. The minimum atomic E-state index is -0.200. The third-order valence-corrected chi connectivity index (χ3v) is 4.21. The van der Waals surface area contributed by atoms with Crippen molar-refractivity contribution in [3.05, 3.63) is 59.5 Å². The van der Waals surface area contributed by atoms with Crippen molar-refractivity contribution in [2.24, 2.45) is 0 Å². The van der Waals surface area contributed by atoms with Crippen LogP contribution in [0.4, 0.5) is 5.69 Å². The maximum absolute atomic E-state index is 12.5. The van der Waals surface area contributed by atoms with E-state index in [9.17, 15) is 4.79 Å². The highest BCUT2D eigenvalue weighted by molar-refractivity contribution is 6.03. The molecule has 5 nitrogen and oxygen atoms in total. The summed E-state index contributed by atoms with van der Waals surface area (Å²) in [6.45, 7) is 2.07. The van der Waals surface area contributed by atoms with Gasteiger partial charge in [-0.15, -0.1) is 0 Å². The fourth-order valence-electron chi connectivity index (χ4n) is 2.73. The van der Waals surface area contributed by atoms with Crippen molar-refractivity contribution in [1.82, 2.24) is 14.6 Å². The van der Waals surface area contributed by atoms with Crippen molar-refractivity contribution in [3.8, 4) is 0 Å². The number of benzene rings is 1. The molecule has 116 valence electrons. The predicted molar refractivity (Wildman–Crippen MR) is 88.7 cm³/mol. The first-order chi connectivity index (χ1) is 11.2. The van der Waals surface area contributed by atoms with E-state index in [1.807, 2.05) is 36.5 Å². The summed E-state index contributed by atoms with van der Waals surface area (Å²) in [5.41, 5.74) is 4.21. The van der Waals surface area contributed by atoms with Gasteiger partial charge < -0.3 is 5.32 Å². The second-order valence-electron chi connectivity index (χ2n) is 5.93. The van der Waals surface area contributed by atoms with E-state index < -0.39 is 0 Å². The van der Waals surface area contributed by atoms with Crippen molar-refractivity contribution >= 4 is 17.2 Å². The number of rotatable bonds is 4. The van der Waals surface area contributed by atoms with E-state index in [0.29, 0.717) is 11.6 Å². The van der Waals surface area contributed by atoms with E-state index in [-0.39, 0.29) is 5.91 Å². The zero-order valence-electron chi connectivity index (χ0n) is 13.0. The lowest BCUT2D eigenvalue weighted by Crippen LogP contribution is -2.16. The van der Waals surface area contributed by atoms with E-state index in [2.05, 4.69) is 22.3 Å². The highest BCUT2D eigenvalue weighted by atomic mass is 16.1. The average Bonchev–Trinajstić information content (AvgIpc) is 3.34. The molecule has 1 N–H and O–H groups in total. The van der Waals surface area contributed by atoms with Crippen LogP contribution >= 0.6 is 0 Å². The van der Waals surface area contributed by atoms with Gasteiger partial charge in [0.05, 0.1) is 11.9 Å². The van der Waals surface area contributed by atoms with Gasteiger partial charge in [0.2, 0.25) is 0 Å². The maximum atomic E-state index is 12.5. The number of carbonyl (C=O) groups is 1. The molecule has 1 aromatic carbocycles. The van der Waals surface area contributed by atoms with Crippen LogP contribution in [0.25, 0.3) is 5.65 Å². The average molecular weight is 306 g/mol. The van der Waals surface area contributed by atoms with Crippen molar-refractivity contribution in [1.29, 1.82) is 0 Å². The second kappa shape index (κ2) is 5.50. The lowest BCUT2D eigenvalue weighted by Gasteiger charge is -2.09. The van der Waals surface area contributed by atoms with Gasteiger partial charge >= 0.3 is 0 Å². The number of aromatic nitrogens is 3. The first-order valence-electron chi connectivity index (χ1n) is 8.00. The summed E-state index contributed by atoms with van der Waals surface area (Å²) in [5.74, 6) is 0.375. The van der Waals surface area contributed by atoms with Crippen LogP contribution in [0.1, 0.15) is 47.4 Å². The third-order valence-electron chi connectivity index (χ3n) is 4.21. The van der Waals surface area contributed by atoms with Crippen LogP contribution in [0.3, 0.4) is 0 Å². The Balaban J connectivity index is 1.61. The summed E-state index contributed by atoms with van der Waals surface area (Å²) in [7, 11) is 0. The highest BCUT2D eigenvalue weighted by Gasteiger charge is 2.26. The molecule has 0 bridgehead atoms. The number of hydrogen-bond donors (Lipinski definition) is 1. The topological polar surface area (TPSA) is 59.3 Å². The SMILES string of the molecule is CCc1ccccc1NC(=O)c1ccc2nc(C3CC3)cn2n1. The van der Waals surface area contributed by atoms with Crippen LogP contribution in [0.5, 0.6) is 0 Å². The fourth-order valence-corrected chi connectivity index (χ4v) is 2.73. The minimum absolute atomic E-state index is 0.200. The molecule has 1 aliphatic rings. The Morgan fingerprint density at radius 3 is 2.87 bits per heavy atom. The van der Waals surface area contributed by atoms with Crippen LogP contribution in [0.15, 0.2) is 42.6 Å². The smallest absolute Gasteiger partial charge is 0.276 e. The Bertz CT molecular complexity index is 880. The molecule has 1 aliphatic carbocycles. The van der Waals surface area contributed by atoms with Gasteiger partial charge in [0.15, 0.2) is 5.65 Å². The molecule has 5 heteroatoms. The number of para-hydroxylation sites is 1. The van der Waals surface area contributed by atoms with E-state index >= 15 is 0 Å². The first-order valence-corrected chi connectivity index (χ1v) is 8.00. The van der Waals surface area contributed by atoms with Gasteiger partial charge in [-0.2, -0.15) is 5.10 Å². The molecule has 1 fully saturated rings. The normalized spacial score (nSPS) is 14.1. The summed E-state index contributed by atoms with van der Waals surface area (Å²) < 4.78 is 1.70. The van der Waals surface area contributed by atoms with Gasteiger partial charge in [0.25, 0.3) is 5.91 Å². The molecule has 4 rings (SSSR count). The van der Waals surface area contributed by atoms with Gasteiger partial charge in [-0.1, -0.05) is 25.1 Å². The zero-order chi connectivity index (χ0) is 15.8. The van der Waals surface area contributed by atoms with E-state index in [1.54, 1.807) is 10.6 Å². The summed E-state index contributed by atoms with van der Waals surface area (Å²) in [4.78, 5) is 17.0. The number of carbonyl (C=O) groups excluding carboxylic acids is 1. The third kappa shape index (κ3) is 2.70. The number of anilines is 1. The van der Waals surface area contributed by atoms with Gasteiger partial charge in [-0.05, 0) is 43.0 Å². The van der Waals surface area contributed by atoms with Crippen LogP contribution < -0.4 is 5.32 Å². The number of imidazole rings is 1. The fraction of sp³-hybridized carbons (Fsp3) is 0.278. The summed E-state index contributed by atoms with van der Waals surface area (Å²) in [5, 5.41) is 7.35. The van der Waals surface area contributed by atoms with Crippen molar-refractivity contribution in [3.63, 3.8) is 0 Å². The number of nitrogens with zero attached hydrogens (tertiary/aromatic N) is 3. The Morgan fingerprint density at radius 2 is 2.09 bits per heavy atom. The number of amides is 1.